The lowest BCUT2D eigenvalue weighted by Gasteiger charge is -2.23. The van der Waals surface area contributed by atoms with Crippen LogP contribution in [-0.4, -0.2) is 28.2 Å². The summed E-state index contributed by atoms with van der Waals surface area (Å²) in [7, 11) is 0. The van der Waals surface area contributed by atoms with Gasteiger partial charge < -0.3 is 10.6 Å². The molecule has 0 bridgehead atoms. The first kappa shape index (κ1) is 18.1. The maximum atomic E-state index is 12.9. The molecule has 7 heteroatoms. The monoisotopic (exact) mass is 341 g/mol. The molecule has 2 aromatic carbocycles. The van der Waals surface area contributed by atoms with E-state index in [2.05, 4.69) is 0 Å². The Hall–Kier alpha value is -3.22. The normalized spacial score (nSPS) is 10.3. The van der Waals surface area contributed by atoms with Gasteiger partial charge in [0.05, 0.1) is 4.92 Å². The first-order valence-corrected chi connectivity index (χ1v) is 7.75. The summed E-state index contributed by atoms with van der Waals surface area (Å²) in [5.41, 5.74) is 6.93. The summed E-state index contributed by atoms with van der Waals surface area (Å²) in [6, 6.07) is 13.5. The molecule has 0 aromatic heterocycles. The van der Waals surface area contributed by atoms with Gasteiger partial charge in [-0.25, -0.2) is 0 Å². The first-order valence-electron chi connectivity index (χ1n) is 7.75. The fourth-order valence-corrected chi connectivity index (χ4v) is 2.47. The van der Waals surface area contributed by atoms with Gasteiger partial charge in [-0.1, -0.05) is 30.3 Å². The molecule has 2 N–H and O–H groups in total. The highest BCUT2D eigenvalue weighted by molar-refractivity contribution is 5.96. The summed E-state index contributed by atoms with van der Waals surface area (Å²) in [4.78, 5) is 35.8. The number of nitrogens with two attached hydrogens (primary N) is 1. The number of amides is 2. The molecule has 25 heavy (non-hydrogen) atoms. The zero-order valence-electron chi connectivity index (χ0n) is 13.8. The Morgan fingerprint density at radius 3 is 2.40 bits per heavy atom. The molecule has 0 saturated heterocycles. The second-order valence-corrected chi connectivity index (χ2v) is 5.68. The third-order valence-corrected chi connectivity index (χ3v) is 3.78. The maximum absolute atomic E-state index is 12.9. The zero-order chi connectivity index (χ0) is 18.4. The lowest BCUT2D eigenvalue weighted by Crippen LogP contribution is -2.34. The number of non-ortho nitro benzene ring substituents is 1. The molecule has 2 amide bonds. The van der Waals surface area contributed by atoms with Gasteiger partial charge in [0.1, 0.15) is 0 Å². The highest BCUT2D eigenvalue weighted by Gasteiger charge is 2.20. The predicted molar refractivity (Wildman–Crippen MR) is 92.8 cm³/mol. The van der Waals surface area contributed by atoms with Crippen LogP contribution in [0.4, 0.5) is 5.69 Å². The van der Waals surface area contributed by atoms with Gasteiger partial charge in [-0.3, -0.25) is 19.7 Å². The van der Waals surface area contributed by atoms with Crippen molar-refractivity contribution < 1.29 is 14.5 Å². The topological polar surface area (TPSA) is 107 Å². The SMILES string of the molecule is Cc1cc([N+](=O)[O-])ccc1C(=O)N(CCC(N)=O)Cc1ccccc1. The predicted octanol–water partition coefficient (Wildman–Crippen LogP) is 2.42. The van der Waals surface area contributed by atoms with E-state index < -0.39 is 10.8 Å². The van der Waals surface area contributed by atoms with Gasteiger partial charge in [-0.05, 0) is 24.1 Å². The van der Waals surface area contributed by atoms with Crippen molar-refractivity contribution in [3.05, 3.63) is 75.3 Å². The summed E-state index contributed by atoms with van der Waals surface area (Å²) in [6.45, 7) is 2.15. The highest BCUT2D eigenvalue weighted by Crippen LogP contribution is 2.19. The Balaban J connectivity index is 2.27. The van der Waals surface area contributed by atoms with Gasteiger partial charge in [0.15, 0.2) is 0 Å². The smallest absolute Gasteiger partial charge is 0.269 e. The van der Waals surface area contributed by atoms with E-state index in [1.807, 2.05) is 30.3 Å². The minimum absolute atomic E-state index is 0.0462. The van der Waals surface area contributed by atoms with Crippen LogP contribution in [0.25, 0.3) is 0 Å². The van der Waals surface area contributed by atoms with Crippen LogP contribution in [0.15, 0.2) is 48.5 Å². The maximum Gasteiger partial charge on any atom is 0.269 e. The van der Waals surface area contributed by atoms with E-state index in [4.69, 9.17) is 5.73 Å². The average Bonchev–Trinajstić information content (AvgIpc) is 2.58. The fourth-order valence-electron chi connectivity index (χ4n) is 2.47. The van der Waals surface area contributed by atoms with Crippen LogP contribution in [0.1, 0.15) is 27.9 Å². The van der Waals surface area contributed by atoms with Crippen molar-refractivity contribution in [3.8, 4) is 0 Å². The summed E-state index contributed by atoms with van der Waals surface area (Å²) in [5, 5.41) is 10.8. The van der Waals surface area contributed by atoms with E-state index in [9.17, 15) is 19.7 Å². The molecule has 0 heterocycles. The Morgan fingerprint density at radius 1 is 1.16 bits per heavy atom. The molecule has 0 unspecified atom stereocenters. The Bertz CT molecular complexity index is 790. The van der Waals surface area contributed by atoms with E-state index in [1.165, 1.54) is 23.1 Å². The van der Waals surface area contributed by atoms with Crippen molar-refractivity contribution >= 4 is 17.5 Å². The number of nitro groups is 1. The van der Waals surface area contributed by atoms with Crippen LogP contribution >= 0.6 is 0 Å². The number of aryl methyl sites for hydroxylation is 1. The number of nitrogens with zero attached hydrogens (tertiary/aromatic N) is 2. The molecule has 0 aliphatic carbocycles. The minimum atomic E-state index is -0.504. The summed E-state index contributed by atoms with van der Waals surface area (Å²) in [6.07, 6.45) is 0.0462. The van der Waals surface area contributed by atoms with E-state index >= 15 is 0 Å². The lowest BCUT2D eigenvalue weighted by molar-refractivity contribution is -0.384. The number of hydrogen-bond donors (Lipinski definition) is 1. The number of nitro benzene ring substituents is 1. The molecular formula is C18H19N3O4. The summed E-state index contributed by atoms with van der Waals surface area (Å²) < 4.78 is 0. The van der Waals surface area contributed by atoms with E-state index in [0.29, 0.717) is 17.7 Å². The molecule has 0 aliphatic heterocycles. The van der Waals surface area contributed by atoms with Crippen LogP contribution in [0.5, 0.6) is 0 Å². The molecule has 7 nitrogen and oxygen atoms in total. The second kappa shape index (κ2) is 8.05. The standard InChI is InChI=1S/C18H19N3O4/c1-13-11-15(21(24)25)7-8-16(13)18(23)20(10-9-17(19)22)12-14-5-3-2-4-6-14/h2-8,11H,9-10,12H2,1H3,(H2,19,22). The van der Waals surface area contributed by atoms with Crippen LogP contribution in [0.3, 0.4) is 0 Å². The van der Waals surface area contributed by atoms with Gasteiger partial charge in [0, 0.05) is 37.2 Å². The Labute approximate surface area is 145 Å². The third kappa shape index (κ3) is 4.87. The van der Waals surface area contributed by atoms with E-state index in [-0.39, 0.29) is 24.6 Å². The van der Waals surface area contributed by atoms with Gasteiger partial charge in [-0.15, -0.1) is 0 Å². The number of carbonyl (C=O) groups excluding carboxylic acids is 2. The zero-order valence-corrected chi connectivity index (χ0v) is 13.8. The minimum Gasteiger partial charge on any atom is -0.370 e. The van der Waals surface area contributed by atoms with Gasteiger partial charge in [0.2, 0.25) is 5.91 Å². The van der Waals surface area contributed by atoms with Crippen molar-refractivity contribution in [2.75, 3.05) is 6.54 Å². The van der Waals surface area contributed by atoms with Crippen LogP contribution in [-0.2, 0) is 11.3 Å². The van der Waals surface area contributed by atoms with Gasteiger partial charge in [-0.2, -0.15) is 0 Å². The molecule has 0 spiro atoms. The second-order valence-electron chi connectivity index (χ2n) is 5.68. The highest BCUT2D eigenvalue weighted by atomic mass is 16.6. The number of carbonyl (C=O) groups is 2. The van der Waals surface area contributed by atoms with Crippen LogP contribution in [0.2, 0.25) is 0 Å². The molecule has 0 radical (unpaired) electrons. The molecule has 130 valence electrons. The molecule has 0 saturated carbocycles. The van der Waals surface area contributed by atoms with Crippen molar-refractivity contribution in [2.45, 2.75) is 19.9 Å². The molecule has 2 rings (SSSR count). The molecule has 0 aliphatic rings. The van der Waals surface area contributed by atoms with Crippen LogP contribution in [0, 0.1) is 17.0 Å². The molecule has 2 aromatic rings. The van der Waals surface area contributed by atoms with Crippen molar-refractivity contribution in [2.24, 2.45) is 5.73 Å². The van der Waals surface area contributed by atoms with Crippen LogP contribution < -0.4 is 5.73 Å². The fraction of sp³-hybridized carbons (Fsp3) is 0.222. The first-order chi connectivity index (χ1) is 11.9. The largest absolute Gasteiger partial charge is 0.370 e. The summed E-state index contributed by atoms with van der Waals surface area (Å²) >= 11 is 0. The number of rotatable bonds is 7. The number of hydrogen-bond acceptors (Lipinski definition) is 4. The number of benzene rings is 2. The molecule has 0 fully saturated rings. The average molecular weight is 341 g/mol. The Morgan fingerprint density at radius 2 is 1.84 bits per heavy atom. The summed E-state index contributed by atoms with van der Waals surface area (Å²) in [5.74, 6) is -0.788. The van der Waals surface area contributed by atoms with Gasteiger partial charge in [0.25, 0.3) is 11.6 Å². The lowest BCUT2D eigenvalue weighted by atomic mass is 10.1. The van der Waals surface area contributed by atoms with Crippen molar-refractivity contribution in [3.63, 3.8) is 0 Å². The number of primary amides is 1. The third-order valence-electron chi connectivity index (χ3n) is 3.78. The Kier molecular flexibility index (Phi) is 5.84. The quantitative estimate of drug-likeness (QED) is 0.616. The van der Waals surface area contributed by atoms with E-state index in [1.54, 1.807) is 6.92 Å². The van der Waals surface area contributed by atoms with Crippen molar-refractivity contribution in [1.82, 2.24) is 4.90 Å². The van der Waals surface area contributed by atoms with Crippen molar-refractivity contribution in [1.29, 1.82) is 0 Å². The molecule has 0 atom stereocenters. The van der Waals surface area contributed by atoms with E-state index in [0.717, 1.165) is 5.56 Å². The molecular weight excluding hydrogens is 322 g/mol. The van der Waals surface area contributed by atoms with Gasteiger partial charge >= 0.3 is 0 Å².